The summed E-state index contributed by atoms with van der Waals surface area (Å²) in [6.45, 7) is 2.53. The van der Waals surface area contributed by atoms with E-state index in [0.29, 0.717) is 43.3 Å². The average Bonchev–Trinajstić information content (AvgIpc) is 3.43. The van der Waals surface area contributed by atoms with E-state index in [2.05, 4.69) is 9.74 Å². The van der Waals surface area contributed by atoms with Crippen LogP contribution >= 0.6 is 0 Å². The third-order valence-corrected chi connectivity index (χ3v) is 6.52. The molecular formula is C29H23F3N6O3. The molecule has 1 aliphatic heterocycles. The molecule has 4 heterocycles. The molecule has 0 atom stereocenters. The molecule has 0 spiro atoms. The van der Waals surface area contributed by atoms with Gasteiger partial charge in [0, 0.05) is 30.2 Å². The molecule has 0 unspecified atom stereocenters. The number of carbonyl (C=O) groups is 1. The second-order valence-corrected chi connectivity index (χ2v) is 9.25. The van der Waals surface area contributed by atoms with Gasteiger partial charge in [-0.1, -0.05) is 36.4 Å². The summed E-state index contributed by atoms with van der Waals surface area (Å²) in [4.78, 5) is 31.5. The van der Waals surface area contributed by atoms with E-state index in [1.165, 1.54) is 12.1 Å². The van der Waals surface area contributed by atoms with Gasteiger partial charge < -0.3 is 14.5 Å². The number of ether oxygens (including phenoxy) is 1. The molecule has 9 nitrogen and oxygen atoms in total. The Bertz CT molecular complexity index is 1750. The summed E-state index contributed by atoms with van der Waals surface area (Å²) in [6.07, 6.45) is 2.32. The molecule has 1 N–H and O–H groups in total. The van der Waals surface area contributed by atoms with Crippen LogP contribution in [0.1, 0.15) is 11.4 Å². The third-order valence-electron chi connectivity index (χ3n) is 6.52. The van der Waals surface area contributed by atoms with Gasteiger partial charge in [0.05, 0.1) is 47.7 Å². The van der Waals surface area contributed by atoms with Crippen molar-refractivity contribution in [3.63, 3.8) is 0 Å². The Morgan fingerprint density at radius 3 is 2.49 bits per heavy atom. The van der Waals surface area contributed by atoms with Gasteiger partial charge in [-0.2, -0.15) is 13.2 Å². The van der Waals surface area contributed by atoms with E-state index < -0.39 is 12.1 Å². The van der Waals surface area contributed by atoms with Crippen molar-refractivity contribution in [3.8, 4) is 11.3 Å². The second-order valence-electron chi connectivity index (χ2n) is 9.25. The lowest BCUT2D eigenvalue weighted by Gasteiger charge is -2.28. The van der Waals surface area contributed by atoms with Crippen molar-refractivity contribution < 1.29 is 27.5 Å². The highest BCUT2D eigenvalue weighted by atomic mass is 19.4. The number of pyridine rings is 1. The number of morpholine rings is 1. The second kappa shape index (κ2) is 10.9. The molecule has 12 heteroatoms. The molecule has 1 saturated heterocycles. The minimum Gasteiger partial charge on any atom is -0.378 e. The molecule has 1 fully saturated rings. The van der Waals surface area contributed by atoms with Crippen molar-refractivity contribution in [3.05, 3.63) is 84.4 Å². The van der Waals surface area contributed by atoms with Crippen molar-refractivity contribution in [2.24, 2.45) is 0 Å². The first kappa shape index (κ1) is 26.3. The van der Waals surface area contributed by atoms with Crippen LogP contribution in [0.15, 0.2) is 73.1 Å². The maximum absolute atomic E-state index is 12.4. The summed E-state index contributed by atoms with van der Waals surface area (Å²) in [5, 5.41) is 1.06. The summed E-state index contributed by atoms with van der Waals surface area (Å²) in [7, 11) is 0. The van der Waals surface area contributed by atoms with Crippen molar-refractivity contribution in [2.45, 2.75) is 6.18 Å². The fourth-order valence-electron chi connectivity index (χ4n) is 4.49. The molecule has 41 heavy (non-hydrogen) atoms. The van der Waals surface area contributed by atoms with E-state index in [1.54, 1.807) is 18.3 Å². The van der Waals surface area contributed by atoms with E-state index in [0.717, 1.165) is 28.0 Å². The fourth-order valence-corrected chi connectivity index (χ4v) is 4.49. The van der Waals surface area contributed by atoms with Gasteiger partial charge in [-0.3, -0.25) is 4.40 Å². The molecule has 6 rings (SSSR count). The molecule has 208 valence electrons. The number of imidazole rings is 1. The number of nitrogens with one attached hydrogen (secondary N) is 1. The molecule has 0 bridgehead atoms. The van der Waals surface area contributed by atoms with Gasteiger partial charge in [-0.05, 0) is 36.4 Å². The number of benzene rings is 2. The third kappa shape index (κ3) is 5.68. The summed E-state index contributed by atoms with van der Waals surface area (Å²) in [5.74, 6) is -1.61. The van der Waals surface area contributed by atoms with Gasteiger partial charge in [0.25, 0.3) is 0 Å². The Labute approximate surface area is 231 Å². The highest BCUT2D eigenvalue weighted by Gasteiger charge is 2.41. The zero-order chi connectivity index (χ0) is 28.4. The number of alkyl halides is 3. The number of halogens is 3. The number of carbonyl (C=O) groups excluding carboxylic acids is 1. The first-order chi connectivity index (χ1) is 19.8. The molecule has 0 saturated carbocycles. The Kier molecular flexibility index (Phi) is 6.98. The van der Waals surface area contributed by atoms with Gasteiger partial charge in [0.2, 0.25) is 0 Å². The number of para-hydroxylation sites is 1. The van der Waals surface area contributed by atoms with Crippen LogP contribution in [0.3, 0.4) is 0 Å². The van der Waals surface area contributed by atoms with Crippen molar-refractivity contribution in [1.29, 1.82) is 0 Å². The molecule has 0 amide bonds. The van der Waals surface area contributed by atoms with Crippen LogP contribution in [-0.2, 0) is 14.4 Å². The zero-order valence-corrected chi connectivity index (χ0v) is 21.5. The lowest BCUT2D eigenvalue weighted by molar-refractivity contribution is -0.196. The smallest absolute Gasteiger partial charge is 0.378 e. The van der Waals surface area contributed by atoms with Gasteiger partial charge in [0.1, 0.15) is 0 Å². The van der Waals surface area contributed by atoms with Crippen LogP contribution < -0.4 is 10.4 Å². The van der Waals surface area contributed by atoms with Gasteiger partial charge in [0.15, 0.2) is 11.5 Å². The van der Waals surface area contributed by atoms with Crippen LogP contribution in [0.25, 0.3) is 40.0 Å². The number of hydrogen-bond donors (Lipinski definition) is 1. The predicted octanol–water partition coefficient (Wildman–Crippen LogP) is 5.38. The Balaban J connectivity index is 1.32. The maximum Gasteiger partial charge on any atom is 0.493 e. The van der Waals surface area contributed by atoms with Crippen LogP contribution in [0.5, 0.6) is 0 Å². The first-order valence-electron chi connectivity index (χ1n) is 12.7. The average molecular weight is 561 g/mol. The number of rotatable bonds is 6. The zero-order valence-electron chi connectivity index (χ0n) is 21.5. The summed E-state index contributed by atoms with van der Waals surface area (Å²) in [5.41, 5.74) is 6.69. The highest BCUT2D eigenvalue weighted by Crippen LogP contribution is 2.28. The van der Waals surface area contributed by atoms with Crippen molar-refractivity contribution >= 4 is 46.2 Å². The maximum atomic E-state index is 12.4. The van der Waals surface area contributed by atoms with Gasteiger partial charge in [-0.25, -0.2) is 25.2 Å². The van der Waals surface area contributed by atoms with Gasteiger partial charge in [-0.15, -0.1) is 0 Å². The van der Waals surface area contributed by atoms with E-state index in [1.807, 2.05) is 64.6 Å². The quantitative estimate of drug-likeness (QED) is 0.277. The lowest BCUT2D eigenvalue weighted by atomic mass is 10.1. The lowest BCUT2D eigenvalue weighted by Crippen LogP contribution is -2.37. The van der Waals surface area contributed by atoms with E-state index in [4.69, 9.17) is 19.7 Å². The SMILES string of the molecule is O=C(ONc1ccc(-c2cnc(N3CCOCC3)c3nc(/C=C/c4ccc5ccccc5n4)cn23)cc1)C(F)(F)F. The number of nitrogens with zero attached hydrogens (tertiary/aromatic N) is 5. The summed E-state index contributed by atoms with van der Waals surface area (Å²) >= 11 is 0. The molecule has 2 aromatic carbocycles. The minimum absolute atomic E-state index is 0.178. The van der Waals surface area contributed by atoms with Crippen molar-refractivity contribution in [2.75, 3.05) is 36.7 Å². The summed E-state index contributed by atoms with van der Waals surface area (Å²) < 4.78 is 44.7. The minimum atomic E-state index is -5.09. The molecule has 3 aromatic heterocycles. The Morgan fingerprint density at radius 1 is 0.951 bits per heavy atom. The Hall–Kier alpha value is -4.97. The molecule has 1 aliphatic rings. The number of aromatic nitrogens is 4. The van der Waals surface area contributed by atoms with Crippen molar-refractivity contribution in [1.82, 2.24) is 19.4 Å². The van der Waals surface area contributed by atoms with Crippen LogP contribution in [0, 0.1) is 0 Å². The first-order valence-corrected chi connectivity index (χ1v) is 12.7. The van der Waals surface area contributed by atoms with E-state index >= 15 is 0 Å². The Morgan fingerprint density at radius 2 is 1.71 bits per heavy atom. The van der Waals surface area contributed by atoms with E-state index in [-0.39, 0.29) is 5.69 Å². The predicted molar refractivity (Wildman–Crippen MR) is 148 cm³/mol. The number of hydrogen-bond acceptors (Lipinski definition) is 8. The van der Waals surface area contributed by atoms with Crippen LogP contribution in [0.4, 0.5) is 24.7 Å². The fraction of sp³-hybridized carbons (Fsp3) is 0.172. The van der Waals surface area contributed by atoms with Gasteiger partial charge >= 0.3 is 12.1 Å². The largest absolute Gasteiger partial charge is 0.493 e. The summed E-state index contributed by atoms with van der Waals surface area (Å²) in [6, 6.07) is 18.2. The molecule has 5 aromatic rings. The molecule has 0 aliphatic carbocycles. The standard InChI is InChI=1S/C29H23F3N6O3/c30-29(31,32)28(39)41-36-22-9-6-20(7-10-22)25-17-33-26(37-13-15-40-16-14-37)27-35-23(18-38(25)27)12-11-21-8-5-19-3-1-2-4-24(19)34-21/h1-12,17-18,36H,13-16H2/b12-11+. The molecular weight excluding hydrogens is 537 g/mol. The topological polar surface area (TPSA) is 93.9 Å². The monoisotopic (exact) mass is 560 g/mol. The molecule has 0 radical (unpaired) electrons. The van der Waals surface area contributed by atoms with Crippen LogP contribution in [0.2, 0.25) is 0 Å². The highest BCUT2D eigenvalue weighted by molar-refractivity contribution is 5.81. The number of fused-ring (bicyclic) bond motifs is 2. The number of anilines is 2. The normalized spacial score (nSPS) is 14.2. The van der Waals surface area contributed by atoms with Crippen LogP contribution in [-0.4, -0.2) is 57.8 Å². The van der Waals surface area contributed by atoms with E-state index in [9.17, 15) is 18.0 Å².